The molecule has 0 aromatic carbocycles. The molecular formula is C16H24N4O. The van der Waals surface area contributed by atoms with Crippen molar-refractivity contribution < 1.29 is 4.79 Å². The number of fused-ring (bicyclic) bond motifs is 1. The highest BCUT2D eigenvalue weighted by atomic mass is 16.1. The van der Waals surface area contributed by atoms with Crippen molar-refractivity contribution in [3.05, 3.63) is 22.9 Å². The summed E-state index contributed by atoms with van der Waals surface area (Å²) in [6.45, 7) is 1.61. The highest BCUT2D eigenvalue weighted by molar-refractivity contribution is 5.98. The average Bonchev–Trinajstić information content (AvgIpc) is 2.94. The van der Waals surface area contributed by atoms with E-state index < -0.39 is 0 Å². The molecule has 1 aliphatic carbocycles. The van der Waals surface area contributed by atoms with Gasteiger partial charge in [-0.15, -0.1) is 0 Å². The van der Waals surface area contributed by atoms with Crippen molar-refractivity contribution in [3.63, 3.8) is 0 Å². The Kier molecular flexibility index (Phi) is 4.10. The van der Waals surface area contributed by atoms with Crippen LogP contribution in [-0.2, 0) is 12.8 Å². The van der Waals surface area contributed by atoms with E-state index in [9.17, 15) is 4.79 Å². The molecular weight excluding hydrogens is 264 g/mol. The van der Waals surface area contributed by atoms with Crippen LogP contribution in [0.25, 0.3) is 0 Å². The fraction of sp³-hybridized carbons (Fsp3) is 0.625. The zero-order valence-corrected chi connectivity index (χ0v) is 12.5. The van der Waals surface area contributed by atoms with Gasteiger partial charge in [0.2, 0.25) is 0 Å². The van der Waals surface area contributed by atoms with Crippen LogP contribution in [0.3, 0.4) is 0 Å². The summed E-state index contributed by atoms with van der Waals surface area (Å²) in [4.78, 5) is 18.9. The lowest BCUT2D eigenvalue weighted by molar-refractivity contribution is 0.1000. The predicted octanol–water partition coefficient (Wildman–Crippen LogP) is 1.38. The molecule has 2 aliphatic rings. The van der Waals surface area contributed by atoms with Crippen molar-refractivity contribution in [1.82, 2.24) is 4.98 Å². The van der Waals surface area contributed by atoms with E-state index in [2.05, 4.69) is 4.90 Å². The fourth-order valence-electron chi connectivity index (χ4n) is 3.63. The van der Waals surface area contributed by atoms with Gasteiger partial charge in [-0.1, -0.05) is 0 Å². The summed E-state index contributed by atoms with van der Waals surface area (Å²) in [5.74, 6) is 0.422. The van der Waals surface area contributed by atoms with Crippen LogP contribution < -0.4 is 16.4 Å². The van der Waals surface area contributed by atoms with Crippen molar-refractivity contribution in [2.45, 2.75) is 51.0 Å². The van der Waals surface area contributed by atoms with E-state index in [1.54, 1.807) is 0 Å². The molecule has 1 aromatic rings. The van der Waals surface area contributed by atoms with Crippen LogP contribution in [0.2, 0.25) is 0 Å². The van der Waals surface area contributed by atoms with E-state index in [1.807, 2.05) is 6.07 Å². The molecule has 0 bridgehead atoms. The highest BCUT2D eigenvalue weighted by Crippen LogP contribution is 2.31. The Balaban J connectivity index is 2.00. The standard InChI is InChI=1S/C16H24N4O/c17-8-7-12-5-1-2-9-20(12)16-13(15(18)21)10-11-4-3-6-14(11)19-16/h10,12H,1-9,17H2,(H2,18,21). The molecule has 0 saturated carbocycles. The number of anilines is 1. The van der Waals surface area contributed by atoms with Gasteiger partial charge in [0.25, 0.3) is 5.91 Å². The quantitative estimate of drug-likeness (QED) is 0.876. The maximum atomic E-state index is 11.9. The molecule has 1 amide bonds. The molecule has 1 unspecified atom stereocenters. The summed E-state index contributed by atoms with van der Waals surface area (Å²) in [7, 11) is 0. The number of aromatic nitrogens is 1. The minimum absolute atomic E-state index is 0.371. The van der Waals surface area contributed by atoms with Gasteiger partial charge >= 0.3 is 0 Å². The van der Waals surface area contributed by atoms with Crippen LogP contribution in [0, 0.1) is 0 Å². The zero-order valence-electron chi connectivity index (χ0n) is 12.5. The van der Waals surface area contributed by atoms with E-state index in [1.165, 1.54) is 12.0 Å². The smallest absolute Gasteiger partial charge is 0.252 e. The van der Waals surface area contributed by atoms with Crippen LogP contribution in [0.1, 0.15) is 53.7 Å². The number of hydrogen-bond donors (Lipinski definition) is 2. The van der Waals surface area contributed by atoms with Gasteiger partial charge in [-0.2, -0.15) is 0 Å². The van der Waals surface area contributed by atoms with Crippen molar-refractivity contribution in [3.8, 4) is 0 Å². The minimum atomic E-state index is -0.371. The van der Waals surface area contributed by atoms with Crippen LogP contribution in [-0.4, -0.2) is 30.0 Å². The molecule has 0 spiro atoms. The molecule has 1 aliphatic heterocycles. The number of primary amides is 1. The van der Waals surface area contributed by atoms with Gasteiger partial charge < -0.3 is 16.4 Å². The molecule has 114 valence electrons. The van der Waals surface area contributed by atoms with Crippen molar-refractivity contribution in [1.29, 1.82) is 0 Å². The van der Waals surface area contributed by atoms with Crippen LogP contribution in [0.4, 0.5) is 5.82 Å². The van der Waals surface area contributed by atoms with E-state index >= 15 is 0 Å². The Labute approximate surface area is 125 Å². The first-order chi connectivity index (χ1) is 10.2. The zero-order chi connectivity index (χ0) is 14.8. The first-order valence-electron chi connectivity index (χ1n) is 8.00. The fourth-order valence-corrected chi connectivity index (χ4v) is 3.63. The summed E-state index contributed by atoms with van der Waals surface area (Å²) >= 11 is 0. The third kappa shape index (κ3) is 2.75. The number of rotatable bonds is 4. The summed E-state index contributed by atoms with van der Waals surface area (Å²) in [6.07, 6.45) is 7.56. The topological polar surface area (TPSA) is 85.2 Å². The SMILES string of the molecule is NCCC1CCCCN1c1nc2c(cc1C(N)=O)CCC2. The molecule has 3 rings (SSSR count). The lowest BCUT2D eigenvalue weighted by Gasteiger charge is -2.37. The monoisotopic (exact) mass is 288 g/mol. The summed E-state index contributed by atoms with van der Waals surface area (Å²) in [5, 5.41) is 0. The van der Waals surface area contributed by atoms with E-state index in [0.717, 1.165) is 56.6 Å². The molecule has 5 nitrogen and oxygen atoms in total. The number of nitrogens with zero attached hydrogens (tertiary/aromatic N) is 2. The minimum Gasteiger partial charge on any atom is -0.365 e. The van der Waals surface area contributed by atoms with Gasteiger partial charge in [0.15, 0.2) is 0 Å². The van der Waals surface area contributed by atoms with E-state index in [0.29, 0.717) is 18.2 Å². The molecule has 1 atom stereocenters. The number of pyridine rings is 1. The number of hydrogen-bond acceptors (Lipinski definition) is 4. The van der Waals surface area contributed by atoms with Crippen molar-refractivity contribution in [2.24, 2.45) is 11.5 Å². The van der Waals surface area contributed by atoms with E-state index in [-0.39, 0.29) is 5.91 Å². The van der Waals surface area contributed by atoms with Gasteiger partial charge in [0.1, 0.15) is 5.82 Å². The van der Waals surface area contributed by atoms with E-state index in [4.69, 9.17) is 16.5 Å². The Morgan fingerprint density at radius 3 is 2.95 bits per heavy atom. The Hall–Kier alpha value is -1.62. The molecule has 0 radical (unpaired) electrons. The third-order valence-corrected chi connectivity index (χ3v) is 4.70. The molecule has 1 fully saturated rings. The van der Waals surface area contributed by atoms with Crippen LogP contribution in [0.15, 0.2) is 6.07 Å². The van der Waals surface area contributed by atoms with Crippen molar-refractivity contribution in [2.75, 3.05) is 18.0 Å². The van der Waals surface area contributed by atoms with Crippen LogP contribution in [0.5, 0.6) is 0 Å². The molecule has 4 N–H and O–H groups in total. The number of nitrogens with two attached hydrogens (primary N) is 2. The third-order valence-electron chi connectivity index (χ3n) is 4.70. The normalized spacial score (nSPS) is 21.4. The lowest BCUT2D eigenvalue weighted by atomic mass is 9.98. The Morgan fingerprint density at radius 1 is 1.33 bits per heavy atom. The van der Waals surface area contributed by atoms with Gasteiger partial charge in [-0.05, 0) is 63.1 Å². The Bertz CT molecular complexity index is 541. The van der Waals surface area contributed by atoms with Gasteiger partial charge in [0.05, 0.1) is 5.56 Å². The predicted molar refractivity (Wildman–Crippen MR) is 83.4 cm³/mol. The Morgan fingerprint density at radius 2 is 2.19 bits per heavy atom. The second-order valence-electron chi connectivity index (χ2n) is 6.10. The number of carbonyl (C=O) groups is 1. The van der Waals surface area contributed by atoms with Gasteiger partial charge in [-0.25, -0.2) is 4.98 Å². The first kappa shape index (κ1) is 14.3. The number of carbonyl (C=O) groups excluding carboxylic acids is 1. The maximum absolute atomic E-state index is 11.9. The molecule has 2 heterocycles. The second kappa shape index (κ2) is 6.02. The first-order valence-corrected chi connectivity index (χ1v) is 8.00. The highest BCUT2D eigenvalue weighted by Gasteiger charge is 2.28. The lowest BCUT2D eigenvalue weighted by Crippen LogP contribution is -2.42. The second-order valence-corrected chi connectivity index (χ2v) is 6.10. The number of piperidine rings is 1. The average molecular weight is 288 g/mol. The van der Waals surface area contributed by atoms with Gasteiger partial charge in [0, 0.05) is 18.3 Å². The summed E-state index contributed by atoms with van der Waals surface area (Å²) < 4.78 is 0. The molecule has 5 heteroatoms. The van der Waals surface area contributed by atoms with Crippen LogP contribution >= 0.6 is 0 Å². The molecule has 1 aromatic heterocycles. The van der Waals surface area contributed by atoms with Crippen molar-refractivity contribution >= 4 is 11.7 Å². The van der Waals surface area contributed by atoms with Gasteiger partial charge in [-0.3, -0.25) is 4.79 Å². The maximum Gasteiger partial charge on any atom is 0.252 e. The summed E-state index contributed by atoms with van der Waals surface area (Å²) in [5.41, 5.74) is 14.3. The summed E-state index contributed by atoms with van der Waals surface area (Å²) in [6, 6.07) is 2.36. The molecule has 21 heavy (non-hydrogen) atoms. The number of amides is 1. The largest absolute Gasteiger partial charge is 0.365 e. The number of aryl methyl sites for hydroxylation is 2. The molecule has 1 saturated heterocycles.